The summed E-state index contributed by atoms with van der Waals surface area (Å²) in [5, 5.41) is 2.09. The number of likely N-dealkylation sites (N-methyl/N-ethyl adjacent to an activating group) is 1. The number of carbonyl (C=O) groups is 1. The van der Waals surface area contributed by atoms with E-state index in [9.17, 15) is 4.79 Å². The molecular formula is C28H25BrCl3N3O2S. The number of aliphatic imine (C=N–C) groups is 1. The number of thioether (sulfide) groups is 1. The van der Waals surface area contributed by atoms with Crippen molar-refractivity contribution in [2.75, 3.05) is 25.0 Å². The first-order valence-electron chi connectivity index (χ1n) is 11.9. The van der Waals surface area contributed by atoms with Crippen LogP contribution in [-0.4, -0.2) is 36.1 Å². The van der Waals surface area contributed by atoms with Crippen molar-refractivity contribution in [3.63, 3.8) is 0 Å². The Bertz CT molecular complexity index is 1430. The fraction of sp³-hybridized carbons (Fsp3) is 0.214. The number of hydrogen-bond donors (Lipinski definition) is 0. The molecule has 1 saturated heterocycles. The van der Waals surface area contributed by atoms with E-state index >= 15 is 0 Å². The van der Waals surface area contributed by atoms with Crippen molar-refractivity contribution >= 4 is 91.0 Å². The summed E-state index contributed by atoms with van der Waals surface area (Å²) in [7, 11) is 1.71. The van der Waals surface area contributed by atoms with Gasteiger partial charge in [-0.3, -0.25) is 9.69 Å². The molecule has 0 N–H and O–H groups in total. The van der Waals surface area contributed by atoms with Crippen molar-refractivity contribution in [1.82, 2.24) is 4.90 Å². The molecule has 0 bridgehead atoms. The number of benzene rings is 3. The van der Waals surface area contributed by atoms with Gasteiger partial charge in [0.1, 0.15) is 12.4 Å². The highest BCUT2D eigenvalue weighted by Gasteiger charge is 2.30. The molecule has 1 aliphatic rings. The average molecular weight is 654 g/mol. The van der Waals surface area contributed by atoms with E-state index in [0.29, 0.717) is 43.2 Å². The summed E-state index contributed by atoms with van der Waals surface area (Å²) in [5.41, 5.74) is 3.38. The molecule has 1 aliphatic heterocycles. The van der Waals surface area contributed by atoms with Gasteiger partial charge in [0.15, 0.2) is 5.17 Å². The molecule has 38 heavy (non-hydrogen) atoms. The molecule has 0 saturated carbocycles. The van der Waals surface area contributed by atoms with Crippen molar-refractivity contribution in [1.29, 1.82) is 0 Å². The first kappa shape index (κ1) is 28.8. The molecule has 0 aromatic heterocycles. The number of carbonyl (C=O) groups excluding carboxylic acids is 1. The van der Waals surface area contributed by atoms with Gasteiger partial charge in [-0.25, -0.2) is 4.99 Å². The minimum absolute atomic E-state index is 0.139. The second-order valence-corrected chi connectivity index (χ2v) is 11.5. The standard InChI is InChI=1S/C28H25BrCl3N3O2S/c1-4-35(5-2)20-9-7-18(25(15-20)37-16-17-6-11-22(30)24(32)12-17)13-26-27(36)34(3)28(38-26)33-19-8-10-21(29)23(31)14-19/h6-15H,4-5,16H2,1-3H3/b26-13+,33-28?. The van der Waals surface area contributed by atoms with E-state index < -0.39 is 0 Å². The molecule has 1 amide bonds. The largest absolute Gasteiger partial charge is 0.488 e. The highest BCUT2D eigenvalue weighted by Crippen LogP contribution is 2.37. The van der Waals surface area contributed by atoms with Gasteiger partial charge in [-0.05, 0) is 95.6 Å². The third kappa shape index (κ3) is 6.69. The van der Waals surface area contributed by atoms with E-state index in [1.54, 1.807) is 25.2 Å². The first-order valence-corrected chi connectivity index (χ1v) is 14.6. The molecule has 0 atom stereocenters. The Morgan fingerprint density at radius 2 is 1.76 bits per heavy atom. The maximum Gasteiger partial charge on any atom is 0.266 e. The highest BCUT2D eigenvalue weighted by atomic mass is 79.9. The third-order valence-electron chi connectivity index (χ3n) is 5.92. The van der Waals surface area contributed by atoms with Gasteiger partial charge in [0.05, 0.1) is 25.7 Å². The third-order valence-corrected chi connectivity index (χ3v) is 8.95. The summed E-state index contributed by atoms with van der Waals surface area (Å²) >= 11 is 23.2. The molecule has 10 heteroatoms. The number of nitrogens with zero attached hydrogens (tertiary/aromatic N) is 3. The highest BCUT2D eigenvalue weighted by molar-refractivity contribution is 9.10. The van der Waals surface area contributed by atoms with Crippen LogP contribution in [0.1, 0.15) is 25.0 Å². The van der Waals surface area contributed by atoms with E-state index in [2.05, 4.69) is 39.7 Å². The molecule has 4 rings (SSSR count). The van der Waals surface area contributed by atoms with E-state index in [1.165, 1.54) is 16.7 Å². The van der Waals surface area contributed by atoms with Gasteiger partial charge in [0.25, 0.3) is 5.91 Å². The molecule has 0 unspecified atom stereocenters. The fourth-order valence-electron chi connectivity index (χ4n) is 3.80. The number of rotatable bonds is 8. The summed E-state index contributed by atoms with van der Waals surface area (Å²) in [6.07, 6.45) is 1.84. The second-order valence-electron chi connectivity index (χ2n) is 8.40. The number of ether oxygens (including phenoxy) is 1. The van der Waals surface area contributed by atoms with Crippen LogP contribution in [0.5, 0.6) is 5.75 Å². The van der Waals surface area contributed by atoms with Crippen LogP contribution < -0.4 is 9.64 Å². The van der Waals surface area contributed by atoms with Crippen LogP contribution in [0.4, 0.5) is 11.4 Å². The second kappa shape index (κ2) is 12.8. The van der Waals surface area contributed by atoms with Crippen LogP contribution in [0.15, 0.2) is 69.0 Å². The normalized spacial score (nSPS) is 15.6. The van der Waals surface area contributed by atoms with E-state index in [4.69, 9.17) is 39.5 Å². The van der Waals surface area contributed by atoms with Crippen molar-refractivity contribution < 1.29 is 9.53 Å². The van der Waals surface area contributed by atoms with Gasteiger partial charge in [-0.2, -0.15) is 0 Å². The molecule has 198 valence electrons. The number of halogens is 4. The Morgan fingerprint density at radius 1 is 1.00 bits per heavy atom. The maximum absolute atomic E-state index is 13.1. The van der Waals surface area contributed by atoms with Crippen molar-refractivity contribution in [2.45, 2.75) is 20.5 Å². The lowest BCUT2D eigenvalue weighted by Crippen LogP contribution is -2.23. The number of amidine groups is 1. The summed E-state index contributed by atoms with van der Waals surface area (Å²) in [6.45, 7) is 6.24. The quantitative estimate of drug-likeness (QED) is 0.228. The molecule has 0 spiro atoms. The smallest absolute Gasteiger partial charge is 0.266 e. The van der Waals surface area contributed by atoms with Crippen molar-refractivity contribution in [3.05, 3.63) is 90.2 Å². The number of amides is 1. The predicted molar refractivity (Wildman–Crippen MR) is 165 cm³/mol. The molecule has 3 aromatic carbocycles. The maximum atomic E-state index is 13.1. The molecule has 0 aliphatic carbocycles. The van der Waals surface area contributed by atoms with Gasteiger partial charge >= 0.3 is 0 Å². The van der Waals surface area contributed by atoms with Crippen LogP contribution in [0.2, 0.25) is 15.1 Å². The van der Waals surface area contributed by atoms with Crippen LogP contribution in [0.3, 0.4) is 0 Å². The zero-order valence-corrected chi connectivity index (χ0v) is 25.6. The lowest BCUT2D eigenvalue weighted by atomic mass is 10.1. The lowest BCUT2D eigenvalue weighted by Gasteiger charge is -2.22. The first-order chi connectivity index (χ1) is 18.2. The molecule has 1 heterocycles. The Balaban J connectivity index is 1.66. The SMILES string of the molecule is CCN(CC)c1ccc(/C=C2/SC(=Nc3ccc(Br)c(Cl)c3)N(C)C2=O)c(OCc2ccc(Cl)c(Cl)c2)c1. The van der Waals surface area contributed by atoms with Gasteiger partial charge in [0, 0.05) is 41.9 Å². The topological polar surface area (TPSA) is 45.1 Å². The van der Waals surface area contributed by atoms with E-state index in [1.807, 2.05) is 42.5 Å². The summed E-state index contributed by atoms with van der Waals surface area (Å²) in [6, 6.07) is 16.9. The monoisotopic (exact) mass is 651 g/mol. The zero-order valence-electron chi connectivity index (χ0n) is 21.0. The average Bonchev–Trinajstić information content (AvgIpc) is 3.16. The van der Waals surface area contributed by atoms with Crippen LogP contribution >= 0.6 is 62.5 Å². The summed E-state index contributed by atoms with van der Waals surface area (Å²) in [5.74, 6) is 0.523. The molecule has 1 fully saturated rings. The lowest BCUT2D eigenvalue weighted by molar-refractivity contribution is -0.121. The van der Waals surface area contributed by atoms with Crippen LogP contribution in [0, 0.1) is 0 Å². The van der Waals surface area contributed by atoms with Gasteiger partial charge < -0.3 is 9.64 Å². The Morgan fingerprint density at radius 3 is 2.45 bits per heavy atom. The van der Waals surface area contributed by atoms with E-state index in [0.717, 1.165) is 34.4 Å². The molecular weight excluding hydrogens is 629 g/mol. The minimum Gasteiger partial charge on any atom is -0.488 e. The zero-order chi connectivity index (χ0) is 27.4. The Labute approximate surface area is 250 Å². The molecule has 5 nitrogen and oxygen atoms in total. The van der Waals surface area contributed by atoms with E-state index in [-0.39, 0.29) is 5.91 Å². The van der Waals surface area contributed by atoms with Crippen molar-refractivity contribution in [3.8, 4) is 5.75 Å². The Kier molecular flexibility index (Phi) is 9.71. The van der Waals surface area contributed by atoms with Gasteiger partial charge in [-0.15, -0.1) is 0 Å². The summed E-state index contributed by atoms with van der Waals surface area (Å²) < 4.78 is 7.05. The fourth-order valence-corrected chi connectivity index (χ4v) is 5.52. The predicted octanol–water partition coefficient (Wildman–Crippen LogP) is 9.07. The molecule has 3 aromatic rings. The molecule has 0 radical (unpaired) electrons. The minimum atomic E-state index is -0.139. The Hall–Kier alpha value is -2.16. The van der Waals surface area contributed by atoms with Gasteiger partial charge in [-0.1, -0.05) is 40.9 Å². The van der Waals surface area contributed by atoms with Gasteiger partial charge in [0.2, 0.25) is 0 Å². The van der Waals surface area contributed by atoms with Crippen LogP contribution in [0.25, 0.3) is 6.08 Å². The summed E-state index contributed by atoms with van der Waals surface area (Å²) in [4.78, 5) is 22.1. The number of anilines is 1. The number of hydrogen-bond acceptors (Lipinski definition) is 5. The van der Waals surface area contributed by atoms with Crippen LogP contribution in [-0.2, 0) is 11.4 Å². The van der Waals surface area contributed by atoms with Crippen molar-refractivity contribution in [2.24, 2.45) is 4.99 Å².